The van der Waals surface area contributed by atoms with E-state index in [2.05, 4.69) is 11.3 Å². The van der Waals surface area contributed by atoms with Gasteiger partial charge in [-0.1, -0.05) is 6.92 Å². The van der Waals surface area contributed by atoms with Crippen LogP contribution in [-0.2, 0) is 6.54 Å². The second-order valence-electron chi connectivity index (χ2n) is 2.64. The highest BCUT2D eigenvalue weighted by atomic mass is 32.2. The van der Waals surface area contributed by atoms with Crippen molar-refractivity contribution in [1.82, 2.24) is 9.78 Å². The van der Waals surface area contributed by atoms with Crippen LogP contribution in [0.15, 0.2) is 5.03 Å². The summed E-state index contributed by atoms with van der Waals surface area (Å²) in [4.78, 5) is 0. The predicted molar refractivity (Wildman–Crippen MR) is 48.0 cm³/mol. The number of hydrogen-bond donors (Lipinski definition) is 0. The van der Waals surface area contributed by atoms with E-state index in [4.69, 9.17) is 0 Å². The number of rotatable bonds is 4. The van der Waals surface area contributed by atoms with Gasteiger partial charge in [-0.15, -0.1) is 0 Å². The summed E-state index contributed by atoms with van der Waals surface area (Å²) in [6, 6.07) is 0. The molecule has 0 aliphatic heterocycles. The maximum Gasteiger partial charge on any atom is 0.290 e. The Morgan fingerprint density at radius 1 is 1.62 bits per heavy atom. The molecule has 0 saturated carbocycles. The lowest BCUT2D eigenvalue weighted by atomic mass is 10.4. The molecular weight excluding hydrogens is 194 g/mol. The van der Waals surface area contributed by atoms with Gasteiger partial charge < -0.3 is 0 Å². The molecule has 0 spiro atoms. The van der Waals surface area contributed by atoms with E-state index in [0.29, 0.717) is 28.9 Å². The molecule has 0 saturated heterocycles. The Labute approximate surface area is 80.3 Å². The number of nitrogens with zero attached hydrogens (tertiary/aromatic N) is 2. The second-order valence-corrected chi connectivity index (χ2v) is 3.62. The number of aromatic nitrogens is 2. The van der Waals surface area contributed by atoms with Gasteiger partial charge in [-0.05, 0) is 25.1 Å². The molecule has 1 radical (unpaired) electrons. The normalized spacial score (nSPS) is 11.2. The summed E-state index contributed by atoms with van der Waals surface area (Å²) < 4.78 is 25.8. The number of halogens is 2. The van der Waals surface area contributed by atoms with Crippen LogP contribution in [0.2, 0.25) is 0 Å². The highest BCUT2D eigenvalue weighted by Crippen LogP contribution is 2.27. The van der Waals surface area contributed by atoms with Gasteiger partial charge in [0, 0.05) is 12.1 Å². The van der Waals surface area contributed by atoms with Crippen LogP contribution in [0.25, 0.3) is 0 Å². The van der Waals surface area contributed by atoms with E-state index in [0.717, 1.165) is 6.42 Å². The third-order valence-electron chi connectivity index (χ3n) is 1.53. The first-order valence-electron chi connectivity index (χ1n) is 4.05. The molecule has 1 rings (SSSR count). The van der Waals surface area contributed by atoms with Crippen molar-refractivity contribution in [1.29, 1.82) is 0 Å². The summed E-state index contributed by atoms with van der Waals surface area (Å²) in [5, 5.41) is 4.42. The van der Waals surface area contributed by atoms with Crippen LogP contribution in [0.3, 0.4) is 0 Å². The van der Waals surface area contributed by atoms with Gasteiger partial charge in [-0.25, -0.2) is 0 Å². The van der Waals surface area contributed by atoms with Crippen molar-refractivity contribution in [3.8, 4) is 0 Å². The Balaban J connectivity index is 2.81. The summed E-state index contributed by atoms with van der Waals surface area (Å²) in [5.41, 5.74) is 0.693. The van der Waals surface area contributed by atoms with Crippen molar-refractivity contribution in [2.45, 2.75) is 37.6 Å². The van der Waals surface area contributed by atoms with Crippen LogP contribution in [0.5, 0.6) is 0 Å². The highest BCUT2D eigenvalue weighted by molar-refractivity contribution is 7.99. The summed E-state index contributed by atoms with van der Waals surface area (Å²) in [6.07, 6.45) is 3.57. The van der Waals surface area contributed by atoms with Crippen molar-refractivity contribution in [2.75, 3.05) is 0 Å². The molecule has 0 amide bonds. The second kappa shape index (κ2) is 4.60. The van der Waals surface area contributed by atoms with E-state index in [-0.39, 0.29) is 0 Å². The third-order valence-corrected chi connectivity index (χ3v) is 2.45. The van der Waals surface area contributed by atoms with Crippen molar-refractivity contribution in [3.63, 3.8) is 0 Å². The number of thioether (sulfide) groups is 1. The summed E-state index contributed by atoms with van der Waals surface area (Å²) in [6.45, 7) is 4.39. The van der Waals surface area contributed by atoms with Gasteiger partial charge in [0.2, 0.25) is 0 Å². The largest absolute Gasteiger partial charge is 0.290 e. The summed E-state index contributed by atoms with van der Waals surface area (Å²) >= 11 is 0.534. The van der Waals surface area contributed by atoms with E-state index >= 15 is 0 Å². The minimum Gasteiger partial charge on any atom is -0.258 e. The fourth-order valence-corrected chi connectivity index (χ4v) is 1.66. The predicted octanol–water partition coefficient (Wildman–Crippen LogP) is 2.72. The van der Waals surface area contributed by atoms with Crippen LogP contribution in [-0.4, -0.2) is 15.5 Å². The first-order chi connectivity index (χ1) is 6.15. The zero-order valence-corrected chi connectivity index (χ0v) is 8.37. The summed E-state index contributed by atoms with van der Waals surface area (Å²) in [5.74, 6) is -2.39. The number of hydrogen-bond acceptors (Lipinski definition) is 2. The van der Waals surface area contributed by atoms with Crippen molar-refractivity contribution >= 4 is 11.8 Å². The quantitative estimate of drug-likeness (QED) is 0.703. The molecule has 0 fully saturated rings. The molecule has 0 bridgehead atoms. The van der Waals surface area contributed by atoms with Crippen molar-refractivity contribution in [2.24, 2.45) is 0 Å². The van der Waals surface area contributed by atoms with E-state index < -0.39 is 5.76 Å². The fourth-order valence-electron chi connectivity index (χ4n) is 1.02. The zero-order chi connectivity index (χ0) is 9.84. The molecule has 0 aliphatic carbocycles. The molecule has 0 unspecified atom stereocenters. The van der Waals surface area contributed by atoms with Gasteiger partial charge in [0.25, 0.3) is 5.76 Å². The van der Waals surface area contributed by atoms with Crippen LogP contribution >= 0.6 is 11.8 Å². The Kier molecular flexibility index (Phi) is 3.71. The smallest absolute Gasteiger partial charge is 0.258 e. The lowest BCUT2D eigenvalue weighted by Crippen LogP contribution is -2.01. The minimum absolute atomic E-state index is 0.525. The van der Waals surface area contributed by atoms with Gasteiger partial charge in [-0.2, -0.15) is 13.9 Å². The number of alkyl halides is 2. The Hall–Kier alpha value is -0.580. The monoisotopic (exact) mass is 205 g/mol. The van der Waals surface area contributed by atoms with Gasteiger partial charge >= 0.3 is 0 Å². The molecule has 13 heavy (non-hydrogen) atoms. The van der Waals surface area contributed by atoms with E-state index in [1.807, 2.05) is 6.92 Å². The standard InChI is InChI=1S/C8H11F2N2S/c1-3-4-12-7(13-8(9)10)6(2)5-11-12/h8H,3-4H2,1-2H3. The summed E-state index contributed by atoms with van der Waals surface area (Å²) in [7, 11) is 0. The average Bonchev–Trinajstić information content (AvgIpc) is 2.36. The minimum atomic E-state index is -2.39. The molecule has 2 nitrogen and oxygen atoms in total. The van der Waals surface area contributed by atoms with Crippen molar-refractivity contribution in [3.05, 3.63) is 11.8 Å². The Bertz CT molecular complexity index is 273. The number of aryl methyl sites for hydroxylation is 2. The fraction of sp³-hybridized carbons (Fsp3) is 0.625. The zero-order valence-electron chi connectivity index (χ0n) is 7.55. The van der Waals surface area contributed by atoms with Crippen LogP contribution in [0.1, 0.15) is 18.9 Å². The molecular formula is C8H11F2N2S. The Morgan fingerprint density at radius 3 is 2.85 bits per heavy atom. The van der Waals surface area contributed by atoms with Crippen molar-refractivity contribution < 1.29 is 8.78 Å². The average molecular weight is 205 g/mol. The lowest BCUT2D eigenvalue weighted by molar-refractivity contribution is 0.251. The topological polar surface area (TPSA) is 17.8 Å². The molecule has 0 atom stereocenters. The van der Waals surface area contributed by atoms with Gasteiger partial charge in [0.1, 0.15) is 11.2 Å². The molecule has 0 aromatic carbocycles. The molecule has 0 aliphatic rings. The highest BCUT2D eigenvalue weighted by Gasteiger charge is 2.13. The maximum absolute atomic E-state index is 12.1. The SMILES string of the molecule is CCCn1n[c]c(C)c1SC(F)F. The third kappa shape index (κ3) is 2.69. The molecule has 1 aromatic heterocycles. The van der Waals surface area contributed by atoms with E-state index in [9.17, 15) is 8.78 Å². The molecule has 5 heteroatoms. The van der Waals surface area contributed by atoms with Crippen LogP contribution in [0, 0.1) is 13.1 Å². The van der Waals surface area contributed by atoms with E-state index in [1.165, 1.54) is 0 Å². The van der Waals surface area contributed by atoms with E-state index in [1.54, 1.807) is 11.6 Å². The van der Waals surface area contributed by atoms with Gasteiger partial charge in [0.05, 0.1) is 0 Å². The lowest BCUT2D eigenvalue weighted by Gasteiger charge is -2.05. The molecule has 1 aromatic rings. The molecule has 73 valence electrons. The van der Waals surface area contributed by atoms with Crippen LogP contribution in [0.4, 0.5) is 8.78 Å². The first kappa shape index (κ1) is 10.5. The molecule has 0 N–H and O–H groups in total. The van der Waals surface area contributed by atoms with Crippen LogP contribution < -0.4 is 0 Å². The van der Waals surface area contributed by atoms with Gasteiger partial charge in [-0.3, -0.25) is 4.68 Å². The maximum atomic E-state index is 12.1. The first-order valence-corrected chi connectivity index (χ1v) is 4.93. The Morgan fingerprint density at radius 2 is 2.31 bits per heavy atom. The van der Waals surface area contributed by atoms with Gasteiger partial charge in [0.15, 0.2) is 0 Å². The molecule has 1 heterocycles.